The molecule has 0 aliphatic heterocycles. The van der Waals surface area contributed by atoms with E-state index in [0.29, 0.717) is 29.8 Å². The number of nitrogens with one attached hydrogen (secondary N) is 2. The first-order valence-corrected chi connectivity index (χ1v) is 12.5. The van der Waals surface area contributed by atoms with E-state index in [9.17, 15) is 18.4 Å². The molecule has 2 aromatic heterocycles. The van der Waals surface area contributed by atoms with Crippen molar-refractivity contribution in [1.29, 1.82) is 0 Å². The molecule has 0 saturated carbocycles. The topological polar surface area (TPSA) is 107 Å². The summed E-state index contributed by atoms with van der Waals surface area (Å²) < 4.78 is 42.6. The SMILES string of the molecule is COCc1[nH]nc(C(=O)NCc2c(OCF)cccc2OCF)c1Cc1ccc(Cn2ccc(C)cc2=O)cc1. The smallest absolute Gasteiger partial charge is 0.272 e. The van der Waals surface area contributed by atoms with Crippen molar-refractivity contribution in [2.24, 2.45) is 0 Å². The maximum atomic E-state index is 13.2. The second-order valence-corrected chi connectivity index (χ2v) is 9.05. The first-order chi connectivity index (χ1) is 19.4. The Morgan fingerprint density at radius 1 is 1.00 bits per heavy atom. The number of benzene rings is 2. The van der Waals surface area contributed by atoms with Gasteiger partial charge in [-0.3, -0.25) is 14.7 Å². The van der Waals surface area contributed by atoms with Crippen molar-refractivity contribution in [3.63, 3.8) is 0 Å². The van der Waals surface area contributed by atoms with Gasteiger partial charge in [-0.05, 0) is 41.8 Å². The summed E-state index contributed by atoms with van der Waals surface area (Å²) in [5.74, 6) is -0.238. The number of hydrogen-bond donors (Lipinski definition) is 2. The Labute approximate surface area is 229 Å². The van der Waals surface area contributed by atoms with Gasteiger partial charge in [-0.1, -0.05) is 30.3 Å². The fourth-order valence-corrected chi connectivity index (χ4v) is 4.30. The lowest BCUT2D eigenvalue weighted by atomic mass is 10.0. The molecular weight excluding hydrogens is 522 g/mol. The molecule has 11 heteroatoms. The van der Waals surface area contributed by atoms with Crippen LogP contribution in [0.4, 0.5) is 8.78 Å². The maximum absolute atomic E-state index is 13.2. The maximum Gasteiger partial charge on any atom is 0.272 e. The van der Waals surface area contributed by atoms with Gasteiger partial charge in [-0.25, -0.2) is 8.78 Å². The van der Waals surface area contributed by atoms with Gasteiger partial charge in [0.15, 0.2) is 5.69 Å². The minimum Gasteiger partial charge on any atom is -0.462 e. The number of aromatic amines is 1. The second kappa shape index (κ2) is 13.5. The van der Waals surface area contributed by atoms with Crippen LogP contribution >= 0.6 is 0 Å². The van der Waals surface area contributed by atoms with E-state index >= 15 is 0 Å². The Bertz CT molecular complexity index is 1480. The number of amides is 1. The third kappa shape index (κ3) is 6.92. The first-order valence-electron chi connectivity index (χ1n) is 12.5. The standard InChI is InChI=1S/C29H30F2N4O5/c1-19-10-11-35(27(36)12-19)15-21-8-6-20(7-9-21)13-22-24(16-38-2)33-34-28(22)29(37)32-14-23-25(39-17-30)4-3-5-26(23)40-18-31/h3-12H,13-18H2,1-2H3,(H,32,37)(H,33,34). The number of ether oxygens (including phenoxy) is 3. The Morgan fingerprint density at radius 2 is 1.68 bits per heavy atom. The lowest BCUT2D eigenvalue weighted by Gasteiger charge is -2.14. The van der Waals surface area contributed by atoms with E-state index in [1.54, 1.807) is 23.9 Å². The van der Waals surface area contributed by atoms with Crippen molar-refractivity contribution in [1.82, 2.24) is 20.1 Å². The number of hydrogen-bond acceptors (Lipinski definition) is 6. The van der Waals surface area contributed by atoms with Crippen LogP contribution in [-0.4, -0.2) is 41.5 Å². The zero-order valence-electron chi connectivity index (χ0n) is 22.2. The van der Waals surface area contributed by atoms with E-state index in [4.69, 9.17) is 14.2 Å². The highest BCUT2D eigenvalue weighted by Gasteiger charge is 2.21. The highest BCUT2D eigenvalue weighted by atomic mass is 19.1. The molecule has 1 amide bonds. The molecule has 4 rings (SSSR count). The van der Waals surface area contributed by atoms with Crippen LogP contribution in [-0.2, 0) is 30.9 Å². The molecule has 0 bridgehead atoms. The molecule has 2 heterocycles. The molecule has 0 radical (unpaired) electrons. The van der Waals surface area contributed by atoms with Gasteiger partial charge in [-0.15, -0.1) is 0 Å². The predicted octanol–water partition coefficient (Wildman–Crippen LogP) is 4.21. The molecule has 0 aliphatic carbocycles. The van der Waals surface area contributed by atoms with Crippen LogP contribution in [0.2, 0.25) is 0 Å². The van der Waals surface area contributed by atoms with Crippen molar-refractivity contribution < 1.29 is 27.8 Å². The average molecular weight is 553 g/mol. The zero-order valence-corrected chi connectivity index (χ0v) is 22.2. The van der Waals surface area contributed by atoms with Gasteiger partial charge in [0.05, 0.1) is 31.0 Å². The summed E-state index contributed by atoms with van der Waals surface area (Å²) in [4.78, 5) is 25.4. The monoisotopic (exact) mass is 552 g/mol. The number of aryl methyl sites for hydroxylation is 1. The van der Waals surface area contributed by atoms with E-state index in [-0.39, 0.29) is 35.9 Å². The lowest BCUT2D eigenvalue weighted by molar-refractivity contribution is 0.0944. The van der Waals surface area contributed by atoms with Crippen LogP contribution in [0, 0.1) is 6.92 Å². The van der Waals surface area contributed by atoms with E-state index in [1.807, 2.05) is 37.3 Å². The largest absolute Gasteiger partial charge is 0.462 e. The van der Waals surface area contributed by atoms with Crippen molar-refractivity contribution in [3.05, 3.63) is 110 Å². The van der Waals surface area contributed by atoms with E-state index in [2.05, 4.69) is 15.5 Å². The normalized spacial score (nSPS) is 10.9. The number of carbonyl (C=O) groups excluding carboxylic acids is 1. The number of pyridine rings is 1. The van der Waals surface area contributed by atoms with Crippen LogP contribution < -0.4 is 20.3 Å². The molecule has 9 nitrogen and oxygen atoms in total. The van der Waals surface area contributed by atoms with Crippen molar-refractivity contribution >= 4 is 5.91 Å². The number of methoxy groups -OCH3 is 1. The molecule has 40 heavy (non-hydrogen) atoms. The minimum atomic E-state index is -1.09. The predicted molar refractivity (Wildman–Crippen MR) is 144 cm³/mol. The average Bonchev–Trinajstić information content (AvgIpc) is 3.33. The van der Waals surface area contributed by atoms with Gasteiger partial charge in [0.1, 0.15) is 11.5 Å². The number of carbonyl (C=O) groups is 1. The Balaban J connectivity index is 1.51. The van der Waals surface area contributed by atoms with E-state index < -0.39 is 19.6 Å². The number of H-pyrrole nitrogens is 1. The number of rotatable bonds is 13. The molecule has 0 atom stereocenters. The summed E-state index contributed by atoms with van der Waals surface area (Å²) in [5.41, 5.74) is 4.48. The zero-order chi connectivity index (χ0) is 28.5. The molecule has 0 unspecified atom stereocenters. The molecule has 0 spiro atoms. The van der Waals surface area contributed by atoms with Gasteiger partial charge in [0, 0.05) is 31.4 Å². The van der Waals surface area contributed by atoms with Crippen LogP contribution in [0.15, 0.2) is 65.6 Å². The van der Waals surface area contributed by atoms with Crippen LogP contribution in [0.5, 0.6) is 11.5 Å². The van der Waals surface area contributed by atoms with Crippen molar-refractivity contribution in [2.75, 3.05) is 20.8 Å². The quantitative estimate of drug-likeness (QED) is 0.257. The molecule has 0 aliphatic rings. The Kier molecular flexibility index (Phi) is 9.63. The third-order valence-electron chi connectivity index (χ3n) is 6.30. The molecule has 2 N–H and O–H groups in total. The fourth-order valence-electron chi connectivity index (χ4n) is 4.30. The van der Waals surface area contributed by atoms with Gasteiger partial charge >= 0.3 is 0 Å². The van der Waals surface area contributed by atoms with Crippen LogP contribution in [0.1, 0.15) is 44.0 Å². The second-order valence-electron chi connectivity index (χ2n) is 9.05. The van der Waals surface area contributed by atoms with Gasteiger partial charge in [-0.2, -0.15) is 5.10 Å². The number of halogens is 2. The summed E-state index contributed by atoms with van der Waals surface area (Å²) in [6, 6.07) is 15.8. The fraction of sp³-hybridized carbons (Fsp3) is 0.276. The Hall–Kier alpha value is -4.51. The van der Waals surface area contributed by atoms with Crippen molar-refractivity contribution in [2.45, 2.75) is 33.0 Å². The molecule has 210 valence electrons. The summed E-state index contributed by atoms with van der Waals surface area (Å²) >= 11 is 0. The lowest BCUT2D eigenvalue weighted by Crippen LogP contribution is -2.25. The highest BCUT2D eigenvalue weighted by molar-refractivity contribution is 5.94. The molecular formula is C29H30F2N4O5. The number of alkyl halides is 2. The molecule has 4 aromatic rings. The summed E-state index contributed by atoms with van der Waals surface area (Å²) in [6.07, 6.45) is 2.16. The summed E-state index contributed by atoms with van der Waals surface area (Å²) in [5, 5.41) is 9.82. The van der Waals surface area contributed by atoms with Gasteiger partial charge in [0.25, 0.3) is 11.5 Å². The Morgan fingerprint density at radius 3 is 2.30 bits per heavy atom. The summed E-state index contributed by atoms with van der Waals surface area (Å²) in [6.45, 7) is 0.237. The minimum absolute atomic E-state index is 0.0652. The van der Waals surface area contributed by atoms with E-state index in [0.717, 1.165) is 16.7 Å². The van der Waals surface area contributed by atoms with Crippen LogP contribution in [0.25, 0.3) is 0 Å². The highest BCUT2D eigenvalue weighted by Crippen LogP contribution is 2.29. The molecule has 2 aromatic carbocycles. The number of nitrogens with zero attached hydrogens (tertiary/aromatic N) is 2. The number of aromatic nitrogens is 3. The summed E-state index contributed by atoms with van der Waals surface area (Å²) in [7, 11) is 1.54. The van der Waals surface area contributed by atoms with E-state index in [1.165, 1.54) is 18.2 Å². The van der Waals surface area contributed by atoms with Crippen LogP contribution in [0.3, 0.4) is 0 Å². The van der Waals surface area contributed by atoms with Gasteiger partial charge < -0.3 is 24.1 Å². The van der Waals surface area contributed by atoms with Crippen molar-refractivity contribution in [3.8, 4) is 11.5 Å². The van der Waals surface area contributed by atoms with Gasteiger partial charge in [0.2, 0.25) is 13.7 Å². The first kappa shape index (κ1) is 28.5. The molecule has 0 saturated heterocycles. The third-order valence-corrected chi connectivity index (χ3v) is 6.30. The molecule has 0 fully saturated rings.